The smallest absolute Gasteiger partial charge is 0.174 e. The maximum Gasteiger partial charge on any atom is 0.174 e. The number of methoxy groups -OCH3 is 1. The van der Waals surface area contributed by atoms with Gasteiger partial charge in [-0.3, -0.25) is 4.79 Å². The third-order valence-corrected chi connectivity index (χ3v) is 5.55. The Kier molecular flexibility index (Phi) is 1.35. The fraction of sp³-hybridized carbons (Fsp3) is 0.611. The fourth-order valence-electron chi connectivity index (χ4n) is 4.56. The lowest BCUT2D eigenvalue weighted by atomic mass is 9.52. The zero-order chi connectivity index (χ0) is 22.1. The SMILES string of the molecule is [2H]C([2H])([2H])Oc1ccc2c3c1OC1C(=O)C([2H])([2H])C[C@@]4([2H])[C@H](N(C)CC[C@]314)C2([2H])[2H]. The molecule has 1 saturated carbocycles. The number of piperidine rings is 1. The van der Waals surface area contributed by atoms with E-state index in [9.17, 15) is 6.17 Å². The quantitative estimate of drug-likeness (QED) is 0.795. The number of likely N-dealkylation sites (N-methyl/N-ethyl adjacent to an activating group) is 1. The molecule has 1 aromatic rings. The predicted molar refractivity (Wildman–Crippen MR) is 81.6 cm³/mol. The third-order valence-electron chi connectivity index (χ3n) is 5.55. The van der Waals surface area contributed by atoms with E-state index in [1.807, 2.05) is 0 Å². The molecule has 2 bridgehead atoms. The molecule has 1 unspecified atom stereocenters. The van der Waals surface area contributed by atoms with Crippen LogP contribution in [0.2, 0.25) is 0 Å². The van der Waals surface area contributed by atoms with Gasteiger partial charge in [0.15, 0.2) is 23.4 Å². The summed E-state index contributed by atoms with van der Waals surface area (Å²) in [6.45, 7) is 0.393. The van der Waals surface area contributed by atoms with Crippen LogP contribution in [0, 0.1) is 5.89 Å². The number of ether oxygens (including phenoxy) is 2. The minimum atomic E-state index is -2.79. The molecule has 1 aromatic carbocycles. The number of hydrogen-bond donors (Lipinski definition) is 0. The van der Waals surface area contributed by atoms with Gasteiger partial charge in [0.1, 0.15) is 0 Å². The lowest BCUT2D eigenvalue weighted by molar-refractivity contribution is -0.138. The molecule has 22 heavy (non-hydrogen) atoms. The monoisotopic (exact) mass is 307 g/mol. The van der Waals surface area contributed by atoms with Gasteiger partial charge in [0, 0.05) is 30.2 Å². The van der Waals surface area contributed by atoms with Gasteiger partial charge in [0.2, 0.25) is 0 Å². The summed E-state index contributed by atoms with van der Waals surface area (Å²) >= 11 is 0. The summed E-state index contributed by atoms with van der Waals surface area (Å²) < 4.78 is 77.2. The summed E-state index contributed by atoms with van der Waals surface area (Å²) in [4.78, 5) is 14.8. The van der Waals surface area contributed by atoms with Crippen molar-refractivity contribution in [2.24, 2.45) is 5.89 Å². The van der Waals surface area contributed by atoms with Gasteiger partial charge in [-0.25, -0.2) is 0 Å². The average Bonchev–Trinajstić information content (AvgIpc) is 2.92. The Hall–Kier alpha value is -1.55. The van der Waals surface area contributed by atoms with Crippen LogP contribution in [0.4, 0.5) is 0 Å². The summed E-state index contributed by atoms with van der Waals surface area (Å²) in [5, 5.41) is 0. The van der Waals surface area contributed by atoms with E-state index in [2.05, 4.69) is 0 Å². The maximum atomic E-state index is 13.1. The van der Waals surface area contributed by atoms with Crippen LogP contribution >= 0.6 is 0 Å². The number of nitrogens with zero attached hydrogens (tertiary/aromatic N) is 1. The lowest BCUT2D eigenvalue weighted by Crippen LogP contribution is -2.65. The van der Waals surface area contributed by atoms with E-state index in [0.29, 0.717) is 18.5 Å². The Morgan fingerprint density at radius 1 is 1.59 bits per heavy atom. The fourth-order valence-corrected chi connectivity index (χ4v) is 4.56. The Balaban J connectivity index is 1.86. The molecule has 0 aromatic heterocycles. The van der Waals surface area contributed by atoms with Gasteiger partial charge in [-0.2, -0.15) is 0 Å². The maximum absolute atomic E-state index is 13.1. The number of carbonyl (C=O) groups excluding carboxylic acids is 1. The zero-order valence-corrected chi connectivity index (χ0v) is 12.1. The van der Waals surface area contributed by atoms with Crippen LogP contribution in [-0.2, 0) is 16.6 Å². The minimum absolute atomic E-state index is 0.0526. The Labute approximate surface area is 141 Å². The second-order valence-corrected chi connectivity index (χ2v) is 6.41. The summed E-state index contributed by atoms with van der Waals surface area (Å²) in [6.07, 6.45) is -5.91. The van der Waals surface area contributed by atoms with Gasteiger partial charge in [-0.1, -0.05) is 6.07 Å². The van der Waals surface area contributed by atoms with Crippen LogP contribution < -0.4 is 9.47 Å². The summed E-state index contributed by atoms with van der Waals surface area (Å²) in [6, 6.07) is 1.77. The molecule has 1 spiro atoms. The molecule has 116 valence electrons. The highest BCUT2D eigenvalue weighted by Crippen LogP contribution is 2.62. The van der Waals surface area contributed by atoms with Crippen molar-refractivity contribution in [3.63, 3.8) is 0 Å². The molecule has 2 aliphatic carbocycles. The first-order valence-corrected chi connectivity index (χ1v) is 7.45. The van der Waals surface area contributed by atoms with Gasteiger partial charge >= 0.3 is 0 Å². The molecular weight excluding hydrogens is 278 g/mol. The van der Waals surface area contributed by atoms with Crippen LogP contribution in [0.25, 0.3) is 0 Å². The first kappa shape index (κ1) is 7.35. The molecular formula is C18H21NO3. The van der Waals surface area contributed by atoms with Crippen molar-refractivity contribution in [2.75, 3.05) is 20.6 Å². The van der Waals surface area contributed by atoms with Crippen LogP contribution in [-0.4, -0.2) is 43.5 Å². The van der Waals surface area contributed by atoms with Crippen molar-refractivity contribution in [1.82, 2.24) is 4.90 Å². The predicted octanol–water partition coefficient (Wildman–Crippen LogP) is 1.93. The molecule has 1 saturated heterocycles. The van der Waals surface area contributed by atoms with Crippen molar-refractivity contribution in [2.45, 2.75) is 43.1 Å². The summed E-state index contributed by atoms with van der Waals surface area (Å²) in [5.41, 5.74) is -0.730. The van der Waals surface area contributed by atoms with Crippen molar-refractivity contribution < 1.29 is 25.2 Å². The van der Waals surface area contributed by atoms with Crippen LogP contribution in [0.1, 0.15) is 41.3 Å². The Bertz CT molecular complexity index is 979. The molecule has 4 atom stereocenters. The first-order valence-electron chi connectivity index (χ1n) is 11.4. The van der Waals surface area contributed by atoms with Gasteiger partial charge < -0.3 is 14.4 Å². The number of likely N-dealkylation sites (tertiary alicyclic amines) is 1. The van der Waals surface area contributed by atoms with Gasteiger partial charge in [-0.15, -0.1) is 0 Å². The van der Waals surface area contributed by atoms with Gasteiger partial charge in [-0.05, 0) is 50.3 Å². The third kappa shape index (κ3) is 1.27. The molecule has 4 nitrogen and oxygen atoms in total. The van der Waals surface area contributed by atoms with E-state index in [0.717, 1.165) is 0 Å². The van der Waals surface area contributed by atoms with Crippen molar-refractivity contribution in [3.8, 4) is 11.5 Å². The van der Waals surface area contributed by atoms with Crippen LogP contribution in [0.5, 0.6) is 11.5 Å². The van der Waals surface area contributed by atoms with Gasteiger partial charge in [0.05, 0.1) is 11.2 Å². The molecule has 0 N–H and O–H groups in total. The van der Waals surface area contributed by atoms with E-state index < -0.39 is 55.4 Å². The first-order chi connectivity index (χ1) is 13.7. The molecule has 2 heterocycles. The van der Waals surface area contributed by atoms with E-state index in [1.165, 1.54) is 12.1 Å². The largest absolute Gasteiger partial charge is 0.493 e. The lowest BCUT2D eigenvalue weighted by Gasteiger charge is -2.57. The van der Waals surface area contributed by atoms with Crippen LogP contribution in [0.15, 0.2) is 12.1 Å². The molecule has 4 heteroatoms. The minimum Gasteiger partial charge on any atom is -0.493 e. The number of hydrogen-bond acceptors (Lipinski definition) is 4. The number of benzene rings is 1. The Morgan fingerprint density at radius 3 is 3.36 bits per heavy atom. The molecule has 4 aliphatic rings. The molecule has 0 amide bonds. The van der Waals surface area contributed by atoms with Gasteiger partial charge in [0.25, 0.3) is 0 Å². The highest BCUT2D eigenvalue weighted by molar-refractivity contribution is 5.89. The summed E-state index contributed by atoms with van der Waals surface area (Å²) in [5.74, 6) is -2.69. The number of rotatable bonds is 1. The highest BCUT2D eigenvalue weighted by Gasteiger charge is 2.65. The topological polar surface area (TPSA) is 38.8 Å². The highest BCUT2D eigenvalue weighted by atomic mass is 16.5. The van der Waals surface area contributed by atoms with E-state index in [1.54, 1.807) is 11.9 Å². The van der Waals surface area contributed by atoms with Crippen molar-refractivity contribution in [3.05, 3.63) is 23.3 Å². The van der Waals surface area contributed by atoms with Crippen molar-refractivity contribution >= 4 is 5.78 Å². The average molecular weight is 307 g/mol. The molecule has 5 rings (SSSR count). The molecule has 2 aliphatic heterocycles. The normalized spacial score (nSPS) is 52.3. The van der Waals surface area contributed by atoms with Crippen molar-refractivity contribution in [1.29, 1.82) is 0 Å². The van der Waals surface area contributed by atoms with E-state index in [-0.39, 0.29) is 17.1 Å². The van der Waals surface area contributed by atoms with E-state index in [4.69, 9.17) is 19.1 Å². The van der Waals surface area contributed by atoms with Crippen LogP contribution in [0.3, 0.4) is 0 Å². The standard InChI is InChI=1S/C18H21NO3/c1-19-8-7-18-11-4-5-13(20)17(18)22-16-14(21-2)6-3-10(15(16)18)9-12(11)19/h3,6,11-12,17H,4-5,7-9H2,1-2H3/t11-,12+,17?,18-/m0/s1/i2D3,5D2,9D2,11D. The zero-order valence-electron chi connectivity index (χ0n) is 20.1. The number of ketones is 1. The Morgan fingerprint density at radius 2 is 2.50 bits per heavy atom. The number of Topliss-reactive ketones (excluding diaryl/α,β-unsaturated/α-hetero) is 1. The van der Waals surface area contributed by atoms with E-state index >= 15 is 0 Å². The second kappa shape index (κ2) is 4.05. The molecule has 2 fully saturated rings. The molecule has 0 radical (unpaired) electrons. The second-order valence-electron chi connectivity index (χ2n) is 6.41. The number of carbonyl (C=O) groups is 1. The summed E-state index contributed by atoms with van der Waals surface area (Å²) in [7, 11) is -1.08.